The monoisotopic (exact) mass is 535 g/mol. The maximum Gasteiger partial charge on any atom is 0.573 e. The summed E-state index contributed by atoms with van der Waals surface area (Å²) in [6.07, 6.45) is 2.59. The number of thiocarbonyl (C=S) groups is 1. The summed E-state index contributed by atoms with van der Waals surface area (Å²) >= 11 is 4.94. The molecule has 1 atom stereocenters. The summed E-state index contributed by atoms with van der Waals surface area (Å²) in [5, 5.41) is 7.98. The van der Waals surface area contributed by atoms with E-state index in [2.05, 4.69) is 53.5 Å². The van der Waals surface area contributed by atoms with Gasteiger partial charge in [-0.2, -0.15) is 5.10 Å². The standard InChI is InChI=1S/C17H17F3N2O.C10H15N3S.2H2/c1-12-2-4-13(5-3-12)16-10-11-22(21-16)14-6-8-15(9-7-14)23-17(18,19)20;1-7(2)8-5-3-4-6-9(8)12-10(14)13-11;;/h4,6-12H,2-3,5H2,1H3;3-7H,11H2,1-2H3,(H2,12,13,14);2*1H. The molecule has 10 heteroatoms. The Bertz CT molecular complexity index is 1220. The lowest BCUT2D eigenvalue weighted by Gasteiger charge is -2.16. The Hall–Kier alpha value is -3.37. The minimum absolute atomic E-state index is 0. The molecular weight excluding hydrogens is 499 g/mol. The largest absolute Gasteiger partial charge is 0.573 e. The number of halogens is 3. The number of anilines is 1. The van der Waals surface area contributed by atoms with E-state index in [1.165, 1.54) is 23.3 Å². The SMILES string of the molecule is CC(C)c1ccccc1NC(=S)NN.CC1CC=C(c2ccn(-c3ccc(OC(F)(F)F)cc3)n2)CC1.[HH].[HH]. The molecule has 0 aliphatic heterocycles. The zero-order valence-corrected chi connectivity index (χ0v) is 21.9. The van der Waals surface area contributed by atoms with E-state index in [-0.39, 0.29) is 8.60 Å². The highest BCUT2D eigenvalue weighted by Gasteiger charge is 2.31. The molecule has 1 heterocycles. The lowest BCUT2D eigenvalue weighted by molar-refractivity contribution is -0.274. The van der Waals surface area contributed by atoms with Crippen LogP contribution in [-0.2, 0) is 0 Å². The van der Waals surface area contributed by atoms with Crippen LogP contribution in [0.1, 0.15) is 60.1 Å². The number of nitrogens with zero attached hydrogens (tertiary/aromatic N) is 2. The van der Waals surface area contributed by atoms with Gasteiger partial charge in [0.05, 0.1) is 11.4 Å². The predicted molar refractivity (Wildman–Crippen MR) is 150 cm³/mol. The van der Waals surface area contributed by atoms with Gasteiger partial charge in [0.25, 0.3) is 0 Å². The number of allylic oxidation sites excluding steroid dienone is 2. The first kappa shape index (κ1) is 28.2. The average Bonchev–Trinajstić information content (AvgIpc) is 3.35. The van der Waals surface area contributed by atoms with Gasteiger partial charge >= 0.3 is 6.36 Å². The average molecular weight is 536 g/mol. The molecule has 0 radical (unpaired) electrons. The molecule has 3 aromatic rings. The molecule has 1 aromatic heterocycles. The van der Waals surface area contributed by atoms with Gasteiger partial charge in [-0.3, -0.25) is 0 Å². The summed E-state index contributed by atoms with van der Waals surface area (Å²) in [6, 6.07) is 15.6. The Morgan fingerprint density at radius 1 is 1.16 bits per heavy atom. The number of hydrogen-bond donors (Lipinski definition) is 3. The lowest BCUT2D eigenvalue weighted by atomic mass is 9.90. The molecule has 0 amide bonds. The maximum atomic E-state index is 12.2. The summed E-state index contributed by atoms with van der Waals surface area (Å²) in [5.74, 6) is 6.12. The number of hydrazine groups is 1. The number of ether oxygens (including phenoxy) is 1. The van der Waals surface area contributed by atoms with Crippen molar-refractivity contribution in [1.29, 1.82) is 0 Å². The maximum absolute atomic E-state index is 12.2. The molecule has 0 bridgehead atoms. The Balaban J connectivity index is 0.000000414. The number of hydrogen-bond acceptors (Lipinski definition) is 4. The molecule has 0 spiro atoms. The highest BCUT2D eigenvalue weighted by atomic mass is 32.1. The highest BCUT2D eigenvalue weighted by molar-refractivity contribution is 7.80. The summed E-state index contributed by atoms with van der Waals surface area (Å²) < 4.78 is 42.0. The molecule has 37 heavy (non-hydrogen) atoms. The summed E-state index contributed by atoms with van der Waals surface area (Å²) in [5.41, 5.74) is 7.48. The molecule has 0 saturated heterocycles. The Kier molecular flexibility index (Phi) is 9.71. The van der Waals surface area contributed by atoms with Crippen molar-refractivity contribution in [2.45, 2.75) is 52.3 Å². The molecule has 6 nitrogen and oxygen atoms in total. The Morgan fingerprint density at radius 2 is 1.86 bits per heavy atom. The number of benzene rings is 2. The second-order valence-electron chi connectivity index (χ2n) is 9.14. The van der Waals surface area contributed by atoms with Gasteiger partial charge < -0.3 is 15.5 Å². The van der Waals surface area contributed by atoms with Crippen molar-refractivity contribution in [2.75, 3.05) is 5.32 Å². The molecular formula is C27H36F3N5OS. The molecule has 4 rings (SSSR count). The van der Waals surface area contributed by atoms with Crippen LogP contribution in [0, 0.1) is 5.92 Å². The van der Waals surface area contributed by atoms with Crippen LogP contribution in [-0.4, -0.2) is 21.3 Å². The van der Waals surface area contributed by atoms with Crippen molar-refractivity contribution in [1.82, 2.24) is 15.2 Å². The van der Waals surface area contributed by atoms with Gasteiger partial charge in [-0.25, -0.2) is 10.5 Å². The highest BCUT2D eigenvalue weighted by Crippen LogP contribution is 2.29. The molecule has 4 N–H and O–H groups in total. The van der Waals surface area contributed by atoms with Crippen LogP contribution >= 0.6 is 12.2 Å². The summed E-state index contributed by atoms with van der Waals surface area (Å²) in [7, 11) is 0. The van der Waals surface area contributed by atoms with Gasteiger partial charge in [-0.1, -0.05) is 45.0 Å². The van der Waals surface area contributed by atoms with E-state index in [0.717, 1.165) is 30.6 Å². The van der Waals surface area contributed by atoms with Gasteiger partial charge in [-0.05, 0) is 90.9 Å². The van der Waals surface area contributed by atoms with E-state index in [1.807, 2.05) is 30.5 Å². The number of nitrogens with one attached hydrogen (secondary N) is 2. The fourth-order valence-electron chi connectivity index (χ4n) is 3.91. The van der Waals surface area contributed by atoms with E-state index in [1.54, 1.807) is 16.8 Å². The fraction of sp³-hybridized carbons (Fsp3) is 0.333. The third-order valence-electron chi connectivity index (χ3n) is 5.89. The topological polar surface area (TPSA) is 77.1 Å². The minimum atomic E-state index is -4.68. The van der Waals surface area contributed by atoms with Crippen molar-refractivity contribution < 1.29 is 20.8 Å². The van der Waals surface area contributed by atoms with Gasteiger partial charge in [0, 0.05) is 14.7 Å². The molecule has 0 saturated carbocycles. The normalized spacial score (nSPS) is 15.4. The van der Waals surface area contributed by atoms with Crippen LogP contribution in [0.3, 0.4) is 0 Å². The van der Waals surface area contributed by atoms with Crippen molar-refractivity contribution >= 4 is 28.6 Å². The summed E-state index contributed by atoms with van der Waals surface area (Å²) in [6.45, 7) is 6.51. The summed E-state index contributed by atoms with van der Waals surface area (Å²) in [4.78, 5) is 0. The first-order chi connectivity index (χ1) is 17.6. The zero-order valence-electron chi connectivity index (χ0n) is 21.0. The van der Waals surface area contributed by atoms with Crippen molar-refractivity contribution in [2.24, 2.45) is 11.8 Å². The lowest BCUT2D eigenvalue weighted by Crippen LogP contribution is -2.34. The molecule has 0 fully saturated rings. The quantitative estimate of drug-likeness (QED) is 0.179. The third-order valence-corrected chi connectivity index (χ3v) is 6.11. The van der Waals surface area contributed by atoms with Crippen LogP contribution in [0.25, 0.3) is 11.3 Å². The van der Waals surface area contributed by atoms with Crippen LogP contribution in [0.2, 0.25) is 0 Å². The second-order valence-corrected chi connectivity index (χ2v) is 9.54. The van der Waals surface area contributed by atoms with Crippen LogP contribution in [0.15, 0.2) is 66.9 Å². The van der Waals surface area contributed by atoms with Crippen molar-refractivity contribution in [3.05, 3.63) is 78.1 Å². The molecule has 1 aliphatic rings. The van der Waals surface area contributed by atoms with E-state index in [9.17, 15) is 13.2 Å². The molecule has 2 aromatic carbocycles. The fourth-order valence-corrected chi connectivity index (χ4v) is 4.02. The molecule has 202 valence electrons. The molecule has 1 aliphatic carbocycles. The van der Waals surface area contributed by atoms with E-state index >= 15 is 0 Å². The van der Waals surface area contributed by atoms with Crippen molar-refractivity contribution in [3.63, 3.8) is 0 Å². The van der Waals surface area contributed by atoms with Gasteiger partial charge in [-0.15, -0.1) is 13.2 Å². The first-order valence-electron chi connectivity index (χ1n) is 12.0. The van der Waals surface area contributed by atoms with E-state index < -0.39 is 6.36 Å². The van der Waals surface area contributed by atoms with Gasteiger partial charge in [0.15, 0.2) is 5.11 Å². The van der Waals surface area contributed by atoms with Crippen LogP contribution < -0.4 is 21.3 Å². The number of alkyl halides is 3. The van der Waals surface area contributed by atoms with E-state index in [4.69, 9.17) is 18.1 Å². The zero-order chi connectivity index (χ0) is 27.0. The Labute approximate surface area is 223 Å². The van der Waals surface area contributed by atoms with Gasteiger partial charge in [0.1, 0.15) is 5.75 Å². The number of rotatable bonds is 5. The number of para-hydroxylation sites is 1. The Morgan fingerprint density at radius 3 is 2.46 bits per heavy atom. The first-order valence-corrected chi connectivity index (χ1v) is 12.4. The van der Waals surface area contributed by atoms with Crippen LogP contribution in [0.4, 0.5) is 18.9 Å². The third kappa shape index (κ3) is 8.61. The number of nitrogens with two attached hydrogens (primary N) is 1. The minimum Gasteiger partial charge on any atom is -0.406 e. The predicted octanol–water partition coefficient (Wildman–Crippen LogP) is 7.44. The van der Waals surface area contributed by atoms with Crippen molar-refractivity contribution in [3.8, 4) is 11.4 Å². The smallest absolute Gasteiger partial charge is 0.406 e. The van der Waals surface area contributed by atoms with Gasteiger partial charge in [0.2, 0.25) is 0 Å². The van der Waals surface area contributed by atoms with E-state index in [0.29, 0.717) is 22.6 Å². The van der Waals surface area contributed by atoms with Crippen LogP contribution in [0.5, 0.6) is 5.75 Å². The second kappa shape index (κ2) is 12.7. The molecule has 1 unspecified atom stereocenters. The number of aromatic nitrogens is 2.